The summed E-state index contributed by atoms with van der Waals surface area (Å²) >= 11 is 0. The Morgan fingerprint density at radius 2 is 1.77 bits per heavy atom. The summed E-state index contributed by atoms with van der Waals surface area (Å²) in [6.45, 7) is 8.72. The molecule has 4 nitrogen and oxygen atoms in total. The molecule has 0 aromatic heterocycles. The van der Waals surface area contributed by atoms with Gasteiger partial charge in [-0.15, -0.1) is 0 Å². The van der Waals surface area contributed by atoms with Gasteiger partial charge in [0.05, 0.1) is 12.2 Å². The first-order chi connectivity index (χ1) is 14.1. The van der Waals surface area contributed by atoms with Crippen LogP contribution in [0.15, 0.2) is 0 Å². The van der Waals surface area contributed by atoms with E-state index in [1.54, 1.807) is 6.92 Å². The van der Waals surface area contributed by atoms with Crippen LogP contribution in [0.5, 0.6) is 0 Å². The molecule has 0 spiro atoms. The summed E-state index contributed by atoms with van der Waals surface area (Å²) in [5.41, 5.74) is -0.422. The third-order valence-corrected chi connectivity index (χ3v) is 10.1. The molecule has 4 saturated carbocycles. The summed E-state index contributed by atoms with van der Waals surface area (Å²) in [4.78, 5) is 24.7. The van der Waals surface area contributed by atoms with Crippen molar-refractivity contribution in [3.8, 4) is 0 Å². The van der Waals surface area contributed by atoms with Gasteiger partial charge in [-0.25, -0.2) is 0 Å². The van der Waals surface area contributed by atoms with Gasteiger partial charge in [0, 0.05) is 17.8 Å². The molecule has 30 heavy (non-hydrogen) atoms. The Labute approximate surface area is 182 Å². The van der Waals surface area contributed by atoms with Gasteiger partial charge in [-0.05, 0) is 107 Å². The van der Waals surface area contributed by atoms with Crippen molar-refractivity contribution in [2.45, 2.75) is 104 Å². The van der Waals surface area contributed by atoms with Crippen LogP contribution in [0.4, 0.5) is 0 Å². The zero-order valence-corrected chi connectivity index (χ0v) is 19.5. The lowest BCUT2D eigenvalue weighted by Gasteiger charge is -2.62. The van der Waals surface area contributed by atoms with Crippen molar-refractivity contribution in [1.29, 1.82) is 0 Å². The number of fused-ring (bicyclic) bond motifs is 5. The van der Waals surface area contributed by atoms with Crippen molar-refractivity contribution in [3.05, 3.63) is 0 Å². The molecular formula is C26H42O4. The van der Waals surface area contributed by atoms with Crippen LogP contribution in [0.3, 0.4) is 0 Å². The van der Waals surface area contributed by atoms with Gasteiger partial charge in [-0.3, -0.25) is 9.59 Å². The van der Waals surface area contributed by atoms with Crippen LogP contribution in [0, 0.1) is 40.4 Å². The van der Waals surface area contributed by atoms with Crippen LogP contribution >= 0.6 is 0 Å². The highest BCUT2D eigenvalue weighted by Crippen LogP contribution is 2.68. The number of esters is 1. The molecule has 0 heterocycles. The average Bonchev–Trinajstić information content (AvgIpc) is 3.03. The molecule has 8 atom stereocenters. The van der Waals surface area contributed by atoms with Gasteiger partial charge >= 0.3 is 5.97 Å². The summed E-state index contributed by atoms with van der Waals surface area (Å²) < 4.78 is 5.92. The maximum absolute atomic E-state index is 12.4. The van der Waals surface area contributed by atoms with Crippen molar-refractivity contribution in [2.75, 3.05) is 6.61 Å². The van der Waals surface area contributed by atoms with Crippen LogP contribution in [0.2, 0.25) is 0 Å². The molecular weight excluding hydrogens is 376 g/mol. The Morgan fingerprint density at radius 3 is 2.47 bits per heavy atom. The summed E-state index contributed by atoms with van der Waals surface area (Å²) in [5, 5.41) is 10.8. The van der Waals surface area contributed by atoms with E-state index in [9.17, 15) is 14.7 Å². The highest BCUT2D eigenvalue weighted by atomic mass is 16.5. The minimum atomic E-state index is -0.593. The second-order valence-corrected chi connectivity index (χ2v) is 11.8. The number of hydrogen-bond donors (Lipinski definition) is 1. The van der Waals surface area contributed by atoms with E-state index in [0.717, 1.165) is 51.4 Å². The summed E-state index contributed by atoms with van der Waals surface area (Å²) in [6.07, 6.45) is 10.7. The molecule has 0 aromatic rings. The zero-order valence-electron chi connectivity index (χ0n) is 19.5. The summed E-state index contributed by atoms with van der Waals surface area (Å²) in [5.74, 6) is 2.80. The quantitative estimate of drug-likeness (QED) is 0.615. The Hall–Kier alpha value is -0.900. The van der Waals surface area contributed by atoms with Gasteiger partial charge < -0.3 is 9.84 Å². The molecule has 0 amide bonds. The van der Waals surface area contributed by atoms with E-state index in [0.29, 0.717) is 42.5 Å². The van der Waals surface area contributed by atoms with Gasteiger partial charge in [0.25, 0.3) is 0 Å². The summed E-state index contributed by atoms with van der Waals surface area (Å²) in [7, 11) is 0. The van der Waals surface area contributed by atoms with Crippen molar-refractivity contribution in [1.82, 2.24) is 0 Å². The monoisotopic (exact) mass is 418 g/mol. The number of hydrogen-bond acceptors (Lipinski definition) is 4. The predicted octanol–water partition coefficient (Wildman–Crippen LogP) is 5.31. The van der Waals surface area contributed by atoms with E-state index in [2.05, 4.69) is 6.92 Å². The largest absolute Gasteiger partial charge is 0.465 e. The van der Waals surface area contributed by atoms with Gasteiger partial charge in [0.2, 0.25) is 0 Å². The first-order valence-corrected chi connectivity index (χ1v) is 12.5. The lowest BCUT2D eigenvalue weighted by Crippen LogP contribution is -2.58. The van der Waals surface area contributed by atoms with Crippen LogP contribution in [-0.2, 0) is 14.3 Å². The molecule has 170 valence electrons. The average molecular weight is 419 g/mol. The topological polar surface area (TPSA) is 63.6 Å². The number of aliphatic hydroxyl groups is 1. The smallest absolute Gasteiger partial charge is 0.305 e. The lowest BCUT2D eigenvalue weighted by atomic mass is 9.43. The molecule has 1 N–H and O–H groups in total. The highest BCUT2D eigenvalue weighted by Gasteiger charge is 2.63. The van der Waals surface area contributed by atoms with E-state index >= 15 is 0 Å². The molecule has 0 bridgehead atoms. The fourth-order valence-electron chi connectivity index (χ4n) is 8.67. The lowest BCUT2D eigenvalue weighted by molar-refractivity contribution is -0.185. The van der Waals surface area contributed by atoms with E-state index < -0.39 is 5.60 Å². The van der Waals surface area contributed by atoms with E-state index in [1.807, 2.05) is 13.8 Å². The number of ketones is 1. The number of rotatable bonds is 5. The van der Waals surface area contributed by atoms with Crippen molar-refractivity contribution in [3.63, 3.8) is 0 Å². The van der Waals surface area contributed by atoms with Crippen molar-refractivity contribution in [2.24, 2.45) is 40.4 Å². The van der Waals surface area contributed by atoms with E-state index in [4.69, 9.17) is 4.74 Å². The molecule has 4 fully saturated rings. The van der Waals surface area contributed by atoms with Gasteiger partial charge in [-0.2, -0.15) is 0 Å². The van der Waals surface area contributed by atoms with Crippen molar-refractivity contribution < 1.29 is 19.4 Å². The number of carbonyl (C=O) groups excluding carboxylic acids is 2. The molecule has 4 aliphatic rings. The summed E-state index contributed by atoms with van der Waals surface area (Å²) in [6, 6.07) is 0. The van der Waals surface area contributed by atoms with Gasteiger partial charge in [0.15, 0.2) is 0 Å². The molecule has 0 aromatic carbocycles. The van der Waals surface area contributed by atoms with Crippen LogP contribution in [0.1, 0.15) is 98.3 Å². The Morgan fingerprint density at radius 1 is 1.00 bits per heavy atom. The second kappa shape index (κ2) is 7.90. The highest BCUT2D eigenvalue weighted by molar-refractivity contribution is 5.79. The van der Waals surface area contributed by atoms with E-state index in [-0.39, 0.29) is 22.7 Å². The zero-order chi connectivity index (χ0) is 21.7. The van der Waals surface area contributed by atoms with Gasteiger partial charge in [-0.1, -0.05) is 13.8 Å². The van der Waals surface area contributed by atoms with Crippen LogP contribution in [-0.4, -0.2) is 29.1 Å². The van der Waals surface area contributed by atoms with Crippen LogP contribution < -0.4 is 0 Å². The molecule has 4 heteroatoms. The Kier molecular flexibility index (Phi) is 5.87. The van der Waals surface area contributed by atoms with Gasteiger partial charge in [0.1, 0.15) is 5.78 Å². The molecule has 0 saturated heterocycles. The Bertz CT molecular complexity index is 685. The minimum absolute atomic E-state index is 0.0181. The third-order valence-electron chi connectivity index (χ3n) is 10.1. The standard InChI is InChI=1S/C26H42O4/c1-5-6-23(28)30-16-26-14-13-24(3,29)15-18(26)7-8-19-21-10-9-20(17(2)27)25(21,4)12-11-22(19)26/h18-22,29H,5-16H2,1-4H3/t18-,19-,20+,21-,22-,24+,25+,26+/m0/s1. The predicted molar refractivity (Wildman–Crippen MR) is 117 cm³/mol. The maximum Gasteiger partial charge on any atom is 0.305 e. The first-order valence-electron chi connectivity index (χ1n) is 12.5. The SMILES string of the molecule is CCCC(=O)OC[C@]12CC[C@@](C)(O)C[C@@H]1CC[C@H]1[C@@H]3CC[C@H](C(C)=O)[C@@]3(C)CC[C@@H]12. The van der Waals surface area contributed by atoms with Crippen LogP contribution in [0.25, 0.3) is 0 Å². The second-order valence-electron chi connectivity index (χ2n) is 11.8. The molecule has 0 unspecified atom stereocenters. The fraction of sp³-hybridized carbons (Fsp3) is 0.923. The van der Waals surface area contributed by atoms with E-state index in [1.165, 1.54) is 12.8 Å². The molecule has 0 radical (unpaired) electrons. The number of ether oxygens (including phenoxy) is 1. The normalized spacial score (nSPS) is 47.7. The van der Waals surface area contributed by atoms with Crippen molar-refractivity contribution >= 4 is 11.8 Å². The minimum Gasteiger partial charge on any atom is -0.465 e. The Balaban J connectivity index is 1.62. The maximum atomic E-state index is 12.4. The third kappa shape index (κ3) is 3.55. The molecule has 4 rings (SSSR count). The number of carbonyl (C=O) groups is 2. The number of Topliss-reactive ketones (excluding diaryl/α,β-unsaturated/α-hetero) is 1. The first kappa shape index (κ1) is 22.3. The molecule has 4 aliphatic carbocycles. The molecule has 0 aliphatic heterocycles. The fourth-order valence-corrected chi connectivity index (χ4v) is 8.67.